The Hall–Kier alpha value is 0.200. The lowest BCUT2D eigenvalue weighted by Crippen LogP contribution is -2.35. The Labute approximate surface area is 122 Å². The number of hydrogen-bond acceptors (Lipinski definition) is 3. The summed E-state index contributed by atoms with van der Waals surface area (Å²) in [6.07, 6.45) is 6.53. The molecule has 0 bridgehead atoms. The van der Waals surface area contributed by atoms with Gasteiger partial charge in [-0.3, -0.25) is 0 Å². The van der Waals surface area contributed by atoms with Gasteiger partial charge in [-0.2, -0.15) is 0 Å². The average Bonchev–Trinajstić information content (AvgIpc) is 2.33. The molecular formula is C14H27ClO3S. The van der Waals surface area contributed by atoms with Crippen LogP contribution in [-0.4, -0.2) is 26.9 Å². The van der Waals surface area contributed by atoms with E-state index in [9.17, 15) is 8.42 Å². The van der Waals surface area contributed by atoms with Crippen molar-refractivity contribution in [2.24, 2.45) is 11.3 Å². The highest BCUT2D eigenvalue weighted by molar-refractivity contribution is 8.13. The van der Waals surface area contributed by atoms with Gasteiger partial charge in [0, 0.05) is 16.1 Å². The molecule has 0 aromatic rings. The topological polar surface area (TPSA) is 43.4 Å². The zero-order valence-corrected chi connectivity index (χ0v) is 13.9. The third kappa shape index (κ3) is 6.01. The number of rotatable bonds is 7. The van der Waals surface area contributed by atoms with Crippen molar-refractivity contribution in [3.05, 3.63) is 0 Å². The lowest BCUT2D eigenvalue weighted by Gasteiger charge is -2.34. The average molecular weight is 311 g/mol. The maximum Gasteiger partial charge on any atom is 0.233 e. The molecule has 114 valence electrons. The Kier molecular flexibility index (Phi) is 6.61. The molecule has 2 unspecified atom stereocenters. The van der Waals surface area contributed by atoms with Crippen LogP contribution in [0, 0.1) is 11.3 Å². The van der Waals surface area contributed by atoms with Crippen molar-refractivity contribution in [2.75, 3.05) is 12.4 Å². The van der Waals surface area contributed by atoms with Gasteiger partial charge in [-0.15, -0.1) is 0 Å². The van der Waals surface area contributed by atoms with Crippen LogP contribution in [-0.2, 0) is 13.8 Å². The van der Waals surface area contributed by atoms with Gasteiger partial charge in [-0.1, -0.05) is 33.6 Å². The van der Waals surface area contributed by atoms with Crippen LogP contribution in [0.25, 0.3) is 0 Å². The highest BCUT2D eigenvalue weighted by atomic mass is 35.7. The fourth-order valence-corrected chi connectivity index (χ4v) is 4.81. The van der Waals surface area contributed by atoms with Gasteiger partial charge in [-0.05, 0) is 31.6 Å². The first-order valence-electron chi connectivity index (χ1n) is 7.34. The van der Waals surface area contributed by atoms with E-state index < -0.39 is 9.05 Å². The summed E-state index contributed by atoms with van der Waals surface area (Å²) in [6, 6.07) is 0. The Morgan fingerprint density at radius 3 is 2.37 bits per heavy atom. The molecule has 1 aliphatic rings. The maximum absolute atomic E-state index is 11.4. The van der Waals surface area contributed by atoms with Crippen molar-refractivity contribution >= 4 is 19.7 Å². The van der Waals surface area contributed by atoms with Crippen LogP contribution in [0.15, 0.2) is 0 Å². The highest BCUT2D eigenvalue weighted by Gasteiger charge is 2.33. The molecule has 2 atom stereocenters. The second-order valence-electron chi connectivity index (χ2n) is 6.10. The van der Waals surface area contributed by atoms with E-state index in [0.717, 1.165) is 25.7 Å². The zero-order valence-electron chi connectivity index (χ0n) is 12.3. The molecule has 3 nitrogen and oxygen atoms in total. The lowest BCUT2D eigenvalue weighted by molar-refractivity contribution is -0.0299. The van der Waals surface area contributed by atoms with Gasteiger partial charge in [-0.25, -0.2) is 8.42 Å². The van der Waals surface area contributed by atoms with Crippen molar-refractivity contribution < 1.29 is 13.2 Å². The molecule has 1 saturated carbocycles. The molecule has 1 fully saturated rings. The molecule has 0 aromatic heterocycles. The summed E-state index contributed by atoms with van der Waals surface area (Å²) in [6.45, 7) is 6.78. The van der Waals surface area contributed by atoms with Gasteiger partial charge in [0.1, 0.15) is 0 Å². The van der Waals surface area contributed by atoms with Gasteiger partial charge in [0.05, 0.1) is 18.5 Å². The van der Waals surface area contributed by atoms with Crippen molar-refractivity contribution in [3.8, 4) is 0 Å². The number of hydrogen-bond donors (Lipinski definition) is 0. The van der Waals surface area contributed by atoms with E-state index in [0.29, 0.717) is 18.6 Å². The van der Waals surface area contributed by atoms with E-state index in [2.05, 4.69) is 6.92 Å². The Morgan fingerprint density at radius 2 is 1.89 bits per heavy atom. The van der Waals surface area contributed by atoms with Crippen molar-refractivity contribution in [2.45, 2.75) is 65.4 Å². The van der Waals surface area contributed by atoms with Gasteiger partial charge < -0.3 is 4.74 Å². The van der Waals surface area contributed by atoms with Crippen LogP contribution in [0.1, 0.15) is 59.3 Å². The molecule has 0 N–H and O–H groups in total. The molecule has 19 heavy (non-hydrogen) atoms. The van der Waals surface area contributed by atoms with Crippen LogP contribution in [0.4, 0.5) is 0 Å². The molecule has 0 radical (unpaired) electrons. The van der Waals surface area contributed by atoms with E-state index in [1.807, 2.05) is 13.8 Å². The summed E-state index contributed by atoms with van der Waals surface area (Å²) in [7, 11) is 1.96. The molecule has 0 saturated heterocycles. The fraction of sp³-hybridized carbons (Fsp3) is 1.00. The molecular weight excluding hydrogens is 284 g/mol. The SMILES string of the molecule is CCC(CC)(COC1CCCC(C)C1)CS(=O)(=O)Cl. The van der Waals surface area contributed by atoms with Gasteiger partial charge in [0.15, 0.2) is 0 Å². The summed E-state index contributed by atoms with van der Waals surface area (Å²) in [5.41, 5.74) is -0.332. The normalized spacial score (nSPS) is 25.5. The number of ether oxygens (including phenoxy) is 1. The monoisotopic (exact) mass is 310 g/mol. The first-order chi connectivity index (χ1) is 8.80. The van der Waals surface area contributed by atoms with Gasteiger partial charge >= 0.3 is 0 Å². The van der Waals surface area contributed by atoms with Gasteiger partial charge in [0.25, 0.3) is 0 Å². The predicted octanol–water partition coefficient (Wildman–Crippen LogP) is 3.96. The first-order valence-corrected chi connectivity index (χ1v) is 9.82. The highest BCUT2D eigenvalue weighted by Crippen LogP contribution is 2.33. The molecule has 0 aromatic carbocycles. The van der Waals surface area contributed by atoms with E-state index >= 15 is 0 Å². The fourth-order valence-electron chi connectivity index (χ4n) is 2.89. The van der Waals surface area contributed by atoms with Crippen LogP contribution in [0.2, 0.25) is 0 Å². The Balaban J connectivity index is 2.58. The molecule has 0 spiro atoms. The third-order valence-corrected chi connectivity index (χ3v) is 5.78. The Bertz CT molecular complexity index is 363. The summed E-state index contributed by atoms with van der Waals surface area (Å²) in [5, 5.41) is 0. The standard InChI is InChI=1S/C14H27ClO3S/c1-4-14(5-2,11-19(15,16)17)10-18-13-8-6-7-12(3)9-13/h12-13H,4-11H2,1-3H3. The smallest absolute Gasteiger partial charge is 0.233 e. The summed E-state index contributed by atoms with van der Waals surface area (Å²) >= 11 is 0. The predicted molar refractivity (Wildman–Crippen MR) is 80.0 cm³/mol. The maximum atomic E-state index is 11.4. The van der Waals surface area contributed by atoms with Crippen LogP contribution < -0.4 is 0 Å². The quantitative estimate of drug-likeness (QED) is 0.669. The number of halogens is 1. The second-order valence-corrected chi connectivity index (χ2v) is 8.87. The molecule has 0 aliphatic heterocycles. The molecule has 5 heteroatoms. The van der Waals surface area contributed by atoms with E-state index in [4.69, 9.17) is 15.4 Å². The minimum atomic E-state index is -3.48. The minimum Gasteiger partial charge on any atom is -0.378 e. The van der Waals surface area contributed by atoms with E-state index in [1.165, 1.54) is 12.8 Å². The summed E-state index contributed by atoms with van der Waals surface area (Å²) in [4.78, 5) is 0. The van der Waals surface area contributed by atoms with Crippen LogP contribution in [0.5, 0.6) is 0 Å². The largest absolute Gasteiger partial charge is 0.378 e. The van der Waals surface area contributed by atoms with Crippen molar-refractivity contribution in [1.29, 1.82) is 0 Å². The second kappa shape index (κ2) is 7.28. The van der Waals surface area contributed by atoms with Crippen LogP contribution in [0.3, 0.4) is 0 Å². The molecule has 1 aliphatic carbocycles. The zero-order chi connectivity index (χ0) is 14.5. The van der Waals surface area contributed by atoms with Crippen molar-refractivity contribution in [1.82, 2.24) is 0 Å². The minimum absolute atomic E-state index is 0.0107. The molecule has 1 rings (SSSR count). The lowest BCUT2D eigenvalue weighted by atomic mass is 9.84. The Morgan fingerprint density at radius 1 is 1.26 bits per heavy atom. The van der Waals surface area contributed by atoms with E-state index in [-0.39, 0.29) is 11.2 Å². The third-order valence-electron chi connectivity index (χ3n) is 4.49. The van der Waals surface area contributed by atoms with E-state index in [1.54, 1.807) is 0 Å². The molecule has 0 heterocycles. The van der Waals surface area contributed by atoms with Crippen molar-refractivity contribution in [3.63, 3.8) is 0 Å². The van der Waals surface area contributed by atoms with Gasteiger partial charge in [0.2, 0.25) is 9.05 Å². The van der Waals surface area contributed by atoms with Crippen LogP contribution >= 0.6 is 10.7 Å². The summed E-state index contributed by atoms with van der Waals surface area (Å²) in [5.74, 6) is 0.727. The summed E-state index contributed by atoms with van der Waals surface area (Å²) < 4.78 is 28.8. The first kappa shape index (κ1) is 17.3. The molecule has 0 amide bonds.